The number of ether oxygens (including phenoxy) is 1. The number of alkyl halides is 3. The van der Waals surface area contributed by atoms with Gasteiger partial charge in [0.15, 0.2) is 5.75 Å². The van der Waals surface area contributed by atoms with E-state index in [9.17, 15) is 32.3 Å². The number of primary amides is 1. The van der Waals surface area contributed by atoms with Crippen LogP contribution >= 0.6 is 11.3 Å². The second kappa shape index (κ2) is 20.2. The zero-order valence-electron chi connectivity index (χ0n) is 30.2. The van der Waals surface area contributed by atoms with Crippen molar-refractivity contribution >= 4 is 45.0 Å². The van der Waals surface area contributed by atoms with Gasteiger partial charge in [0.25, 0.3) is 5.91 Å². The SMILES string of the molecule is CCCCC/C=C\C1CC1C(=O)NOc1ccccc1.COc1ccc2[nH]c(=O)sc2c1.NC(=O)C1CCCN1C(=O)CNc1cccc(C(F)(F)F)c1. The smallest absolute Gasteiger partial charge is 0.416 e. The lowest BCUT2D eigenvalue weighted by Gasteiger charge is -2.22. The molecule has 4 aromatic rings. The average Bonchev–Trinajstić information content (AvgIpc) is 3.57. The predicted molar refractivity (Wildman–Crippen MR) is 203 cm³/mol. The van der Waals surface area contributed by atoms with Gasteiger partial charge < -0.3 is 30.5 Å². The Labute approximate surface area is 315 Å². The standard InChI is InChI=1S/C17H23NO2.C14H16F3N3O2.C8H7NO2S/c1-2-3-4-5-7-10-14-13-16(14)17(19)18-20-15-11-8-6-9-12-15;15-14(16,17)9-3-1-4-10(7-9)19-8-12(21)20-6-2-5-11(20)13(18)22;1-11-5-2-3-6-7(4-5)12-8(10)9-6/h6-12,14,16H,2-5,13H2,1H3,(H,18,19);1,3-4,7,11,19H,2,5-6,8H2,(H2,18,22);2-4H,1H3,(H,9,10)/b10-7-;;. The van der Waals surface area contributed by atoms with E-state index in [4.69, 9.17) is 15.3 Å². The van der Waals surface area contributed by atoms with Crippen LogP contribution in [0, 0.1) is 11.8 Å². The zero-order chi connectivity index (χ0) is 39.1. The van der Waals surface area contributed by atoms with Crippen LogP contribution in [0.2, 0.25) is 0 Å². The molecule has 1 aromatic heterocycles. The molecule has 0 bridgehead atoms. The van der Waals surface area contributed by atoms with Gasteiger partial charge in [-0.25, -0.2) is 0 Å². The summed E-state index contributed by atoms with van der Waals surface area (Å²) >= 11 is 1.19. The molecule has 290 valence electrons. The number of hydroxylamine groups is 1. The molecule has 1 aliphatic carbocycles. The van der Waals surface area contributed by atoms with Crippen molar-refractivity contribution in [3.05, 3.63) is 100 Å². The van der Waals surface area contributed by atoms with E-state index in [2.05, 4.69) is 34.9 Å². The molecule has 2 heterocycles. The third-order valence-corrected chi connectivity index (χ3v) is 9.56. The van der Waals surface area contributed by atoms with Gasteiger partial charge in [-0.15, -0.1) is 0 Å². The summed E-state index contributed by atoms with van der Waals surface area (Å²) in [5.74, 6) is 0.976. The van der Waals surface area contributed by atoms with Gasteiger partial charge in [0.2, 0.25) is 11.8 Å². The summed E-state index contributed by atoms with van der Waals surface area (Å²) in [6, 6.07) is 18.8. The van der Waals surface area contributed by atoms with Gasteiger partial charge in [-0.1, -0.05) is 67.5 Å². The summed E-state index contributed by atoms with van der Waals surface area (Å²) in [7, 11) is 1.61. The summed E-state index contributed by atoms with van der Waals surface area (Å²) in [5, 5.41) is 2.65. The first-order valence-electron chi connectivity index (χ1n) is 17.7. The first kappa shape index (κ1) is 41.4. The number of halogens is 3. The van der Waals surface area contributed by atoms with Gasteiger partial charge in [-0.05, 0) is 86.6 Å². The molecule has 3 amide bonds. The second-order valence-corrected chi connectivity index (χ2v) is 13.8. The highest BCUT2D eigenvalue weighted by Gasteiger charge is 2.41. The Bertz CT molecular complexity index is 1920. The van der Waals surface area contributed by atoms with Crippen molar-refractivity contribution in [1.29, 1.82) is 0 Å². The molecule has 3 unspecified atom stereocenters. The Morgan fingerprint density at radius 3 is 2.52 bits per heavy atom. The third-order valence-electron chi connectivity index (χ3n) is 8.71. The summed E-state index contributed by atoms with van der Waals surface area (Å²) < 4.78 is 43.7. The minimum atomic E-state index is -4.44. The van der Waals surface area contributed by atoms with Crippen molar-refractivity contribution in [2.75, 3.05) is 25.5 Å². The molecule has 5 N–H and O–H groups in total. The Balaban J connectivity index is 0.000000188. The first-order valence-corrected chi connectivity index (χ1v) is 18.6. The lowest BCUT2D eigenvalue weighted by molar-refractivity contribution is -0.137. The van der Waals surface area contributed by atoms with E-state index in [0.29, 0.717) is 31.1 Å². The Hall–Kier alpha value is -5.31. The molecular formula is C39H46F3N5O6S. The number of anilines is 1. The topological polar surface area (TPSA) is 156 Å². The summed E-state index contributed by atoms with van der Waals surface area (Å²) in [5.41, 5.74) is 8.02. The van der Waals surface area contributed by atoms with Gasteiger partial charge in [0, 0.05) is 18.2 Å². The number of H-pyrrole nitrogens is 1. The molecule has 6 rings (SSSR count). The number of carbonyl (C=O) groups excluding carboxylic acids is 3. The van der Waals surface area contributed by atoms with Crippen LogP contribution < -0.4 is 31.0 Å². The molecule has 15 heteroatoms. The van der Waals surface area contributed by atoms with Crippen LogP contribution in [-0.4, -0.2) is 53.8 Å². The number of amides is 3. The van der Waals surface area contributed by atoms with Gasteiger partial charge in [-0.3, -0.25) is 19.2 Å². The molecular weight excluding hydrogens is 724 g/mol. The molecule has 1 aliphatic heterocycles. The zero-order valence-corrected chi connectivity index (χ0v) is 31.0. The number of aromatic nitrogens is 1. The molecule has 0 spiro atoms. The molecule has 3 aromatic carbocycles. The normalized spacial score (nSPS) is 17.5. The highest BCUT2D eigenvalue weighted by atomic mass is 32.1. The number of hydrogen-bond acceptors (Lipinski definition) is 8. The Morgan fingerprint density at radius 2 is 1.81 bits per heavy atom. The molecule has 54 heavy (non-hydrogen) atoms. The van der Waals surface area contributed by atoms with Crippen molar-refractivity contribution in [2.45, 2.75) is 64.1 Å². The maximum Gasteiger partial charge on any atom is 0.416 e. The monoisotopic (exact) mass is 769 g/mol. The lowest BCUT2D eigenvalue weighted by Crippen LogP contribution is -2.45. The van der Waals surface area contributed by atoms with Gasteiger partial charge in [-0.2, -0.15) is 18.7 Å². The minimum Gasteiger partial charge on any atom is -0.497 e. The van der Waals surface area contributed by atoms with E-state index in [-0.39, 0.29) is 34.8 Å². The largest absolute Gasteiger partial charge is 0.497 e. The first-order chi connectivity index (χ1) is 25.9. The Morgan fingerprint density at radius 1 is 1.04 bits per heavy atom. The lowest BCUT2D eigenvalue weighted by atomic mass is 10.2. The number of nitrogens with one attached hydrogen (secondary N) is 3. The highest BCUT2D eigenvalue weighted by molar-refractivity contribution is 7.16. The van der Waals surface area contributed by atoms with Crippen LogP contribution in [0.3, 0.4) is 0 Å². The molecule has 1 saturated heterocycles. The molecule has 11 nitrogen and oxygen atoms in total. The number of benzene rings is 3. The maximum atomic E-state index is 12.6. The van der Waals surface area contributed by atoms with Crippen LogP contribution in [0.1, 0.15) is 57.4 Å². The summed E-state index contributed by atoms with van der Waals surface area (Å²) in [6.07, 6.45) is 7.00. The predicted octanol–water partition coefficient (Wildman–Crippen LogP) is 7.06. The number of thiazole rings is 1. The fourth-order valence-electron chi connectivity index (χ4n) is 5.68. The number of nitrogens with two attached hydrogens (primary N) is 1. The Kier molecular flexibility index (Phi) is 15.5. The number of likely N-dealkylation sites (tertiary alicyclic amines) is 1. The minimum absolute atomic E-state index is 0.0166. The third kappa shape index (κ3) is 13.0. The van der Waals surface area contributed by atoms with Crippen molar-refractivity contribution in [1.82, 2.24) is 15.4 Å². The van der Waals surface area contributed by atoms with Crippen LogP contribution in [0.5, 0.6) is 11.5 Å². The average molecular weight is 770 g/mol. The number of carbonyl (C=O) groups is 3. The molecule has 2 aliphatic rings. The fraction of sp³-hybridized carbons (Fsp3) is 0.385. The van der Waals surface area contributed by atoms with Crippen LogP contribution in [0.15, 0.2) is 89.7 Å². The summed E-state index contributed by atoms with van der Waals surface area (Å²) in [6.45, 7) is 2.44. The van der Waals surface area contributed by atoms with Crippen molar-refractivity contribution in [3.8, 4) is 11.5 Å². The quantitative estimate of drug-likeness (QED) is 0.0645. The number of fused-ring (bicyclic) bond motifs is 1. The number of para-hydroxylation sites is 1. The maximum absolute atomic E-state index is 12.6. The number of aromatic amines is 1. The van der Waals surface area contributed by atoms with E-state index in [0.717, 1.165) is 40.9 Å². The van der Waals surface area contributed by atoms with E-state index < -0.39 is 23.7 Å². The molecule has 3 atom stereocenters. The van der Waals surface area contributed by atoms with Crippen LogP contribution in [0.4, 0.5) is 18.9 Å². The van der Waals surface area contributed by atoms with E-state index in [1.54, 1.807) is 7.11 Å². The molecule has 1 saturated carbocycles. The second-order valence-electron chi connectivity index (χ2n) is 12.8. The highest BCUT2D eigenvalue weighted by Crippen LogP contribution is 2.40. The van der Waals surface area contributed by atoms with Gasteiger partial charge in [0.05, 0.1) is 29.4 Å². The fourth-order valence-corrected chi connectivity index (χ4v) is 6.45. The molecule has 0 radical (unpaired) electrons. The summed E-state index contributed by atoms with van der Waals surface area (Å²) in [4.78, 5) is 55.3. The van der Waals surface area contributed by atoms with E-state index in [1.165, 1.54) is 47.6 Å². The van der Waals surface area contributed by atoms with Crippen LogP contribution in [0.25, 0.3) is 10.2 Å². The van der Waals surface area contributed by atoms with Crippen LogP contribution in [-0.2, 0) is 20.6 Å². The van der Waals surface area contributed by atoms with E-state index >= 15 is 0 Å². The number of hydrogen-bond donors (Lipinski definition) is 4. The van der Waals surface area contributed by atoms with Gasteiger partial charge >= 0.3 is 11.0 Å². The number of allylic oxidation sites excluding steroid dienone is 2. The van der Waals surface area contributed by atoms with Crippen molar-refractivity contribution < 1.29 is 37.1 Å². The number of rotatable bonds is 13. The number of unbranched alkanes of at least 4 members (excludes halogenated alkanes) is 3. The van der Waals surface area contributed by atoms with Gasteiger partial charge in [0.1, 0.15) is 11.8 Å². The van der Waals surface area contributed by atoms with Crippen molar-refractivity contribution in [2.24, 2.45) is 17.6 Å². The van der Waals surface area contributed by atoms with E-state index in [1.807, 2.05) is 48.5 Å². The number of methoxy groups -OCH3 is 1. The number of nitrogens with zero attached hydrogens (tertiary/aromatic N) is 1. The molecule has 2 fully saturated rings. The van der Waals surface area contributed by atoms with Crippen molar-refractivity contribution in [3.63, 3.8) is 0 Å².